The highest BCUT2D eigenvalue weighted by molar-refractivity contribution is 6.32. The fraction of sp³-hybridized carbons (Fsp3) is 0.176. The minimum Gasteiger partial charge on any atom is -0.493 e. The molecule has 0 N–H and O–H groups in total. The smallest absolute Gasteiger partial charge is 0.179 e. The maximum Gasteiger partial charge on any atom is 0.179 e. The van der Waals surface area contributed by atoms with E-state index in [9.17, 15) is 0 Å². The van der Waals surface area contributed by atoms with Crippen molar-refractivity contribution >= 4 is 17.8 Å². The van der Waals surface area contributed by atoms with Crippen molar-refractivity contribution in [3.05, 3.63) is 58.1 Å². The Labute approximate surface area is 139 Å². The molecule has 6 heteroatoms. The quantitative estimate of drug-likeness (QED) is 0.597. The minimum absolute atomic E-state index is 0.210. The number of nitriles is 1. The predicted octanol–water partition coefficient (Wildman–Crippen LogP) is 3.78. The molecule has 2 aromatic carbocycles. The molecule has 5 nitrogen and oxygen atoms in total. The van der Waals surface area contributed by atoms with Gasteiger partial charge in [-0.2, -0.15) is 5.26 Å². The van der Waals surface area contributed by atoms with Gasteiger partial charge < -0.3 is 14.3 Å². The van der Waals surface area contributed by atoms with Crippen molar-refractivity contribution in [1.29, 1.82) is 5.26 Å². The lowest BCUT2D eigenvalue weighted by Gasteiger charge is -2.09. The Hall–Kier alpha value is -2.71. The molecule has 118 valence electrons. The molecule has 0 fully saturated rings. The Bertz CT molecular complexity index is 754. The molecule has 2 rings (SSSR count). The number of methoxy groups -OCH3 is 2. The van der Waals surface area contributed by atoms with Crippen molar-refractivity contribution in [1.82, 2.24) is 0 Å². The van der Waals surface area contributed by atoms with E-state index in [-0.39, 0.29) is 6.61 Å². The second-order valence-electron chi connectivity index (χ2n) is 4.52. The fourth-order valence-corrected chi connectivity index (χ4v) is 2.27. The van der Waals surface area contributed by atoms with Gasteiger partial charge in [-0.1, -0.05) is 35.0 Å². The van der Waals surface area contributed by atoms with Gasteiger partial charge in [0, 0.05) is 11.1 Å². The number of rotatable bonds is 6. The summed E-state index contributed by atoms with van der Waals surface area (Å²) in [5.41, 5.74) is 2.05. The summed E-state index contributed by atoms with van der Waals surface area (Å²) in [7, 11) is 3.05. The van der Waals surface area contributed by atoms with E-state index in [4.69, 9.17) is 31.2 Å². The van der Waals surface area contributed by atoms with Crippen LogP contribution in [0.5, 0.6) is 11.5 Å². The van der Waals surface area contributed by atoms with Gasteiger partial charge in [-0.05, 0) is 18.2 Å². The van der Waals surface area contributed by atoms with Crippen molar-refractivity contribution in [3.8, 4) is 17.6 Å². The molecule has 0 unspecified atom stereocenters. The zero-order chi connectivity index (χ0) is 16.7. The highest BCUT2D eigenvalue weighted by Crippen LogP contribution is 2.35. The van der Waals surface area contributed by atoms with Crippen LogP contribution in [0.2, 0.25) is 5.02 Å². The summed E-state index contributed by atoms with van der Waals surface area (Å²) >= 11 is 6.12. The van der Waals surface area contributed by atoms with Crippen LogP contribution in [0.1, 0.15) is 16.7 Å². The lowest BCUT2D eigenvalue weighted by Crippen LogP contribution is -1.95. The summed E-state index contributed by atoms with van der Waals surface area (Å²) in [5.74, 6) is 0.978. The number of benzene rings is 2. The molecule has 0 heterocycles. The van der Waals surface area contributed by atoms with Crippen LogP contribution < -0.4 is 9.47 Å². The van der Waals surface area contributed by atoms with Crippen molar-refractivity contribution in [2.75, 3.05) is 14.2 Å². The third-order valence-corrected chi connectivity index (χ3v) is 3.37. The first-order valence-electron chi connectivity index (χ1n) is 6.74. The molecule has 2 aromatic rings. The molecule has 0 radical (unpaired) electrons. The summed E-state index contributed by atoms with van der Waals surface area (Å²) in [6.45, 7) is 0.210. The van der Waals surface area contributed by atoms with Crippen LogP contribution in [-0.4, -0.2) is 20.4 Å². The number of hydrogen-bond donors (Lipinski definition) is 0. The van der Waals surface area contributed by atoms with Crippen LogP contribution >= 0.6 is 11.6 Å². The van der Waals surface area contributed by atoms with E-state index in [1.165, 1.54) is 20.4 Å². The van der Waals surface area contributed by atoms with Crippen LogP contribution in [0.3, 0.4) is 0 Å². The lowest BCUT2D eigenvalue weighted by molar-refractivity contribution is 0.132. The van der Waals surface area contributed by atoms with Crippen molar-refractivity contribution < 1.29 is 14.3 Å². The molecular formula is C17H15ClN2O3. The summed E-state index contributed by atoms with van der Waals surface area (Å²) in [6, 6.07) is 12.7. The molecule has 0 saturated heterocycles. The Balaban J connectivity index is 2.07. The summed E-state index contributed by atoms with van der Waals surface area (Å²) in [6.07, 6.45) is 1.52. The molecule has 0 saturated carbocycles. The zero-order valence-corrected chi connectivity index (χ0v) is 13.5. The molecule has 0 atom stereocenters. The average Bonchev–Trinajstić information content (AvgIpc) is 2.58. The van der Waals surface area contributed by atoms with E-state index in [0.717, 1.165) is 5.56 Å². The number of hydrogen-bond acceptors (Lipinski definition) is 5. The Morgan fingerprint density at radius 2 is 2.00 bits per heavy atom. The highest BCUT2D eigenvalue weighted by Gasteiger charge is 2.10. The Morgan fingerprint density at radius 3 is 2.70 bits per heavy atom. The molecule has 0 spiro atoms. The summed E-state index contributed by atoms with van der Waals surface area (Å²) in [4.78, 5) is 5.24. The van der Waals surface area contributed by atoms with Gasteiger partial charge in [-0.3, -0.25) is 0 Å². The van der Waals surface area contributed by atoms with Gasteiger partial charge in [-0.25, -0.2) is 0 Å². The Morgan fingerprint density at radius 1 is 1.22 bits per heavy atom. The molecule has 0 aliphatic heterocycles. The van der Waals surface area contributed by atoms with Crippen LogP contribution in [0.15, 0.2) is 41.6 Å². The molecular weight excluding hydrogens is 316 g/mol. The molecule has 0 aliphatic rings. The van der Waals surface area contributed by atoms with Gasteiger partial charge in [0.25, 0.3) is 0 Å². The fourth-order valence-electron chi connectivity index (χ4n) is 1.97. The zero-order valence-electron chi connectivity index (χ0n) is 12.7. The van der Waals surface area contributed by atoms with Crippen LogP contribution in [-0.2, 0) is 11.4 Å². The van der Waals surface area contributed by atoms with Gasteiger partial charge in [0.2, 0.25) is 0 Å². The molecule has 0 aliphatic carbocycles. The number of oxime groups is 1. The van der Waals surface area contributed by atoms with E-state index < -0.39 is 0 Å². The Kier molecular flexibility index (Phi) is 5.84. The van der Waals surface area contributed by atoms with Crippen LogP contribution in [0.4, 0.5) is 0 Å². The monoisotopic (exact) mass is 330 g/mol. The second-order valence-corrected chi connectivity index (χ2v) is 4.92. The molecule has 0 bridgehead atoms. The summed E-state index contributed by atoms with van der Waals surface area (Å²) in [5, 5.41) is 13.3. The van der Waals surface area contributed by atoms with Gasteiger partial charge >= 0.3 is 0 Å². The van der Waals surface area contributed by atoms with Crippen molar-refractivity contribution in [2.24, 2.45) is 5.16 Å². The van der Waals surface area contributed by atoms with E-state index in [2.05, 4.69) is 11.2 Å². The van der Waals surface area contributed by atoms with E-state index in [1.807, 2.05) is 12.1 Å². The standard InChI is InChI=1S/C17H15ClN2O3/c1-21-16-8-12(7-15(18)17(16)22-2)10-20-23-11-14-6-4-3-5-13(14)9-19/h3-8,10H,11H2,1-2H3/b20-10-. The average molecular weight is 331 g/mol. The van der Waals surface area contributed by atoms with E-state index >= 15 is 0 Å². The van der Waals surface area contributed by atoms with E-state index in [1.54, 1.807) is 24.3 Å². The van der Waals surface area contributed by atoms with Crippen LogP contribution in [0, 0.1) is 11.3 Å². The van der Waals surface area contributed by atoms with Crippen LogP contribution in [0.25, 0.3) is 0 Å². The van der Waals surface area contributed by atoms with E-state index in [0.29, 0.717) is 27.6 Å². The largest absolute Gasteiger partial charge is 0.493 e. The van der Waals surface area contributed by atoms with Crippen molar-refractivity contribution in [3.63, 3.8) is 0 Å². The topological polar surface area (TPSA) is 63.8 Å². The van der Waals surface area contributed by atoms with Crippen molar-refractivity contribution in [2.45, 2.75) is 6.61 Å². The molecule has 0 amide bonds. The highest BCUT2D eigenvalue weighted by atomic mass is 35.5. The normalized spacial score (nSPS) is 10.3. The SMILES string of the molecule is COc1cc(/C=N\OCc2ccccc2C#N)cc(Cl)c1OC. The second kappa shape index (κ2) is 8.06. The number of halogens is 1. The first kappa shape index (κ1) is 16.7. The maximum atomic E-state index is 9.01. The maximum absolute atomic E-state index is 9.01. The van der Waals surface area contributed by atoms with Gasteiger partial charge in [0.1, 0.15) is 6.61 Å². The third kappa shape index (κ3) is 4.15. The minimum atomic E-state index is 0.210. The molecule has 0 aromatic heterocycles. The predicted molar refractivity (Wildman–Crippen MR) is 88.1 cm³/mol. The van der Waals surface area contributed by atoms with Gasteiger partial charge in [0.15, 0.2) is 11.5 Å². The molecule has 23 heavy (non-hydrogen) atoms. The number of nitrogens with zero attached hydrogens (tertiary/aromatic N) is 2. The van der Waals surface area contributed by atoms with Gasteiger partial charge in [-0.15, -0.1) is 0 Å². The first-order chi connectivity index (χ1) is 11.2. The number of ether oxygens (including phenoxy) is 2. The third-order valence-electron chi connectivity index (χ3n) is 3.09. The first-order valence-corrected chi connectivity index (χ1v) is 7.12. The lowest BCUT2D eigenvalue weighted by atomic mass is 10.1. The van der Waals surface area contributed by atoms with Gasteiger partial charge in [0.05, 0.1) is 37.1 Å². The summed E-state index contributed by atoms with van der Waals surface area (Å²) < 4.78 is 10.4.